The van der Waals surface area contributed by atoms with Crippen molar-refractivity contribution >= 4 is 23.2 Å². The average molecular weight is 293 g/mol. The highest BCUT2D eigenvalue weighted by Crippen LogP contribution is 2.23. The van der Waals surface area contributed by atoms with Gasteiger partial charge in [0.2, 0.25) is 0 Å². The molecule has 0 aliphatic heterocycles. The lowest BCUT2D eigenvalue weighted by Gasteiger charge is -2.04. The number of pyridine rings is 1. The van der Waals surface area contributed by atoms with Crippen molar-refractivity contribution in [2.75, 3.05) is 0 Å². The van der Waals surface area contributed by atoms with Crippen LogP contribution < -0.4 is 10.3 Å². The Hall–Kier alpha value is -2.47. The van der Waals surface area contributed by atoms with E-state index < -0.39 is 10.8 Å². The number of carbonyl (C=O) groups is 1. The Bertz CT molecular complexity index is 647. The van der Waals surface area contributed by atoms with E-state index >= 15 is 0 Å². The first-order valence-electron chi connectivity index (χ1n) is 5.75. The zero-order chi connectivity index (χ0) is 14.5. The summed E-state index contributed by atoms with van der Waals surface area (Å²) >= 11 is 5.70. The summed E-state index contributed by atoms with van der Waals surface area (Å²) in [6.07, 6.45) is 1.73. The number of nitro benzene ring substituents is 1. The average Bonchev–Trinajstić information content (AvgIpc) is 2.45. The molecule has 0 spiro atoms. The SMILES string of the molecule is O=C(NCc1cccc[nH+]1)c1ccc(Cl)cc1[N+](=O)[O-]. The molecule has 0 aliphatic carbocycles. The van der Waals surface area contributed by atoms with E-state index in [2.05, 4.69) is 10.3 Å². The number of H-pyrrole nitrogens is 1. The van der Waals surface area contributed by atoms with E-state index in [1.807, 2.05) is 12.1 Å². The van der Waals surface area contributed by atoms with Crippen molar-refractivity contribution in [1.29, 1.82) is 0 Å². The molecule has 7 heteroatoms. The first kappa shape index (κ1) is 14.0. The molecule has 0 saturated carbocycles. The number of amides is 1. The van der Waals surface area contributed by atoms with Gasteiger partial charge in [-0.15, -0.1) is 0 Å². The highest BCUT2D eigenvalue weighted by atomic mass is 35.5. The second kappa shape index (κ2) is 6.12. The van der Waals surface area contributed by atoms with Crippen LogP contribution in [0.4, 0.5) is 5.69 Å². The quantitative estimate of drug-likeness (QED) is 0.690. The number of hydrogen-bond acceptors (Lipinski definition) is 3. The van der Waals surface area contributed by atoms with Crippen molar-refractivity contribution in [1.82, 2.24) is 5.32 Å². The maximum atomic E-state index is 12.0. The number of hydrogen-bond donors (Lipinski definition) is 1. The van der Waals surface area contributed by atoms with Crippen molar-refractivity contribution in [2.24, 2.45) is 0 Å². The number of halogens is 1. The van der Waals surface area contributed by atoms with Gasteiger partial charge in [-0.2, -0.15) is 0 Å². The van der Waals surface area contributed by atoms with E-state index in [1.54, 1.807) is 12.3 Å². The van der Waals surface area contributed by atoms with Gasteiger partial charge >= 0.3 is 0 Å². The van der Waals surface area contributed by atoms with Gasteiger partial charge in [-0.1, -0.05) is 17.7 Å². The van der Waals surface area contributed by atoms with Crippen LogP contribution in [-0.4, -0.2) is 10.8 Å². The van der Waals surface area contributed by atoms with Gasteiger partial charge in [0.05, 0.1) is 4.92 Å². The van der Waals surface area contributed by atoms with E-state index in [-0.39, 0.29) is 22.8 Å². The fraction of sp³-hybridized carbons (Fsp3) is 0.0769. The molecule has 0 aliphatic rings. The second-order valence-electron chi connectivity index (χ2n) is 3.99. The molecule has 0 fully saturated rings. The standard InChI is InChI=1S/C13H10ClN3O3/c14-9-4-5-11(12(7-9)17(19)20)13(18)16-8-10-3-1-2-6-15-10/h1-7H,8H2,(H,16,18)/p+1. The van der Waals surface area contributed by atoms with Gasteiger partial charge in [0.15, 0.2) is 11.9 Å². The van der Waals surface area contributed by atoms with E-state index in [9.17, 15) is 14.9 Å². The summed E-state index contributed by atoms with van der Waals surface area (Å²) in [5, 5.41) is 13.7. The lowest BCUT2D eigenvalue weighted by atomic mass is 10.1. The molecule has 0 atom stereocenters. The smallest absolute Gasteiger partial charge is 0.283 e. The van der Waals surface area contributed by atoms with Crippen LogP contribution in [0.5, 0.6) is 0 Å². The third-order valence-corrected chi connectivity index (χ3v) is 2.85. The molecular weight excluding hydrogens is 282 g/mol. The Morgan fingerprint density at radius 2 is 2.15 bits per heavy atom. The lowest BCUT2D eigenvalue weighted by molar-refractivity contribution is -0.390. The number of carbonyl (C=O) groups excluding carboxylic acids is 1. The minimum atomic E-state index is -0.630. The van der Waals surface area contributed by atoms with Crippen LogP contribution in [0.2, 0.25) is 5.02 Å². The van der Waals surface area contributed by atoms with Crippen molar-refractivity contribution in [3.05, 3.63) is 69.0 Å². The Morgan fingerprint density at radius 1 is 1.35 bits per heavy atom. The van der Waals surface area contributed by atoms with Crippen LogP contribution >= 0.6 is 11.6 Å². The molecule has 102 valence electrons. The minimum Gasteiger partial charge on any atom is -0.342 e. The molecule has 2 aromatic rings. The normalized spacial score (nSPS) is 10.1. The fourth-order valence-corrected chi connectivity index (χ4v) is 1.83. The zero-order valence-corrected chi connectivity index (χ0v) is 11.1. The summed E-state index contributed by atoms with van der Waals surface area (Å²) in [5.74, 6) is -0.523. The summed E-state index contributed by atoms with van der Waals surface area (Å²) in [7, 11) is 0. The predicted molar refractivity (Wildman–Crippen MR) is 72.3 cm³/mol. The van der Waals surface area contributed by atoms with Gasteiger partial charge in [-0.25, -0.2) is 4.98 Å². The summed E-state index contributed by atoms with van der Waals surface area (Å²) in [6.45, 7) is 0.249. The molecule has 0 saturated heterocycles. The monoisotopic (exact) mass is 292 g/mol. The fourth-order valence-electron chi connectivity index (χ4n) is 1.66. The predicted octanol–water partition coefficient (Wildman–Crippen LogP) is 1.99. The summed E-state index contributed by atoms with van der Waals surface area (Å²) < 4.78 is 0. The van der Waals surface area contributed by atoms with E-state index in [1.165, 1.54) is 12.1 Å². The Morgan fingerprint density at radius 3 is 2.80 bits per heavy atom. The van der Waals surface area contributed by atoms with Crippen molar-refractivity contribution in [3.63, 3.8) is 0 Å². The van der Waals surface area contributed by atoms with Crippen LogP contribution in [-0.2, 0) is 6.54 Å². The van der Waals surface area contributed by atoms with E-state index in [0.717, 1.165) is 11.8 Å². The molecule has 20 heavy (non-hydrogen) atoms. The number of rotatable bonds is 4. The Kier molecular flexibility index (Phi) is 4.27. The van der Waals surface area contributed by atoms with Gasteiger partial charge in [-0.3, -0.25) is 14.9 Å². The Labute approximate surface area is 119 Å². The maximum Gasteiger partial charge on any atom is 0.283 e. The number of benzene rings is 1. The van der Waals surface area contributed by atoms with Gasteiger partial charge in [0, 0.05) is 23.2 Å². The van der Waals surface area contributed by atoms with Crippen LogP contribution in [0.1, 0.15) is 16.1 Å². The van der Waals surface area contributed by atoms with Crippen molar-refractivity contribution in [2.45, 2.75) is 6.54 Å². The van der Waals surface area contributed by atoms with Crippen LogP contribution in [0, 0.1) is 10.1 Å². The molecule has 1 amide bonds. The summed E-state index contributed by atoms with van der Waals surface area (Å²) in [5.41, 5.74) is 0.458. The highest BCUT2D eigenvalue weighted by Gasteiger charge is 2.20. The second-order valence-corrected chi connectivity index (χ2v) is 4.43. The van der Waals surface area contributed by atoms with Gasteiger partial charge in [0.1, 0.15) is 12.1 Å². The first-order chi connectivity index (χ1) is 9.58. The third-order valence-electron chi connectivity index (χ3n) is 2.61. The number of aromatic nitrogens is 1. The molecule has 0 unspecified atom stereocenters. The lowest BCUT2D eigenvalue weighted by Crippen LogP contribution is -2.27. The molecule has 1 aromatic carbocycles. The minimum absolute atomic E-state index is 0.0182. The van der Waals surface area contributed by atoms with E-state index in [0.29, 0.717) is 0 Å². The Balaban J connectivity index is 2.15. The van der Waals surface area contributed by atoms with Crippen LogP contribution in [0.3, 0.4) is 0 Å². The topological polar surface area (TPSA) is 86.4 Å². The van der Waals surface area contributed by atoms with Gasteiger partial charge < -0.3 is 5.32 Å². The van der Waals surface area contributed by atoms with Crippen LogP contribution in [0.25, 0.3) is 0 Å². The van der Waals surface area contributed by atoms with Crippen LogP contribution in [0.15, 0.2) is 42.6 Å². The van der Waals surface area contributed by atoms with Crippen molar-refractivity contribution in [3.8, 4) is 0 Å². The zero-order valence-electron chi connectivity index (χ0n) is 10.3. The number of aromatic amines is 1. The van der Waals surface area contributed by atoms with Crippen molar-refractivity contribution < 1.29 is 14.7 Å². The molecule has 1 heterocycles. The first-order valence-corrected chi connectivity index (χ1v) is 6.13. The molecule has 1 aromatic heterocycles. The third kappa shape index (κ3) is 3.30. The number of nitro groups is 1. The summed E-state index contributed by atoms with van der Waals surface area (Å²) in [4.78, 5) is 25.2. The maximum absolute atomic E-state index is 12.0. The highest BCUT2D eigenvalue weighted by molar-refractivity contribution is 6.31. The molecule has 2 rings (SSSR count). The van der Waals surface area contributed by atoms with Gasteiger partial charge in [0.25, 0.3) is 11.6 Å². The number of nitrogens with one attached hydrogen (secondary N) is 2. The number of nitrogens with zero attached hydrogens (tertiary/aromatic N) is 1. The molecule has 2 N–H and O–H groups in total. The molecular formula is C13H11ClN3O3+. The molecule has 6 nitrogen and oxygen atoms in total. The van der Waals surface area contributed by atoms with Gasteiger partial charge in [-0.05, 0) is 12.1 Å². The molecule has 0 radical (unpaired) electrons. The largest absolute Gasteiger partial charge is 0.342 e. The van der Waals surface area contributed by atoms with E-state index in [4.69, 9.17) is 11.6 Å². The molecule has 0 bridgehead atoms. The summed E-state index contributed by atoms with van der Waals surface area (Å²) in [6, 6.07) is 9.38.